The van der Waals surface area contributed by atoms with Gasteiger partial charge in [-0.2, -0.15) is 0 Å². The summed E-state index contributed by atoms with van der Waals surface area (Å²) in [5, 5.41) is -0.0351. The molecule has 0 radical (unpaired) electrons. The lowest BCUT2D eigenvalue weighted by Crippen LogP contribution is -2.45. The molecule has 0 aromatic rings. The van der Waals surface area contributed by atoms with E-state index in [-0.39, 0.29) is 11.6 Å². The van der Waals surface area contributed by atoms with Crippen LogP contribution in [0.2, 0.25) is 18.1 Å². The summed E-state index contributed by atoms with van der Waals surface area (Å²) in [5.74, 6) is 0. The van der Waals surface area contributed by atoms with Crippen LogP contribution >= 0.6 is 7.82 Å². The highest BCUT2D eigenvalue weighted by Gasteiger charge is 2.39. The normalized spacial score (nSPS) is 15.6. The fourth-order valence-corrected chi connectivity index (χ4v) is 3.08. The highest BCUT2D eigenvalue weighted by Crippen LogP contribution is 2.47. The first-order valence-corrected chi connectivity index (χ1v) is 10.5. The summed E-state index contributed by atoms with van der Waals surface area (Å²) in [6, 6.07) is 0. The highest BCUT2D eigenvalue weighted by atomic mass is 31.2. The van der Waals surface area contributed by atoms with E-state index in [9.17, 15) is 8.96 Å². The zero-order valence-electron chi connectivity index (χ0n) is 12.9. The first kappa shape index (κ1) is 19.2. The van der Waals surface area contributed by atoms with Crippen molar-refractivity contribution in [3.63, 3.8) is 0 Å². The second kappa shape index (κ2) is 7.29. The molecule has 0 aromatic carbocycles. The van der Waals surface area contributed by atoms with Crippen molar-refractivity contribution in [3.8, 4) is 0 Å². The highest BCUT2D eigenvalue weighted by molar-refractivity contribution is 7.48. The molecule has 0 saturated heterocycles. The van der Waals surface area contributed by atoms with Crippen molar-refractivity contribution < 1.29 is 27.0 Å². The summed E-state index contributed by atoms with van der Waals surface area (Å²) >= 11 is 0. The number of hydrogen-bond acceptors (Lipinski definition) is 5. The van der Waals surface area contributed by atoms with Gasteiger partial charge in [-0.15, -0.1) is 0 Å². The minimum atomic E-state index is -3.59. The topological polar surface area (TPSA) is 54.0 Å². The zero-order chi connectivity index (χ0) is 15.3. The molecule has 0 unspecified atom stereocenters. The van der Waals surface area contributed by atoms with Gasteiger partial charge in [0.15, 0.2) is 8.32 Å². The Kier molecular flexibility index (Phi) is 7.37. The molecular weight excluding hydrogens is 290 g/mol. The van der Waals surface area contributed by atoms with E-state index in [1.165, 1.54) is 14.2 Å². The molecule has 0 saturated carbocycles. The largest absolute Gasteiger partial charge is 0.474 e. The van der Waals surface area contributed by atoms with Crippen LogP contribution in [-0.2, 0) is 22.6 Å². The SMILES string of the molecule is COP(=O)(OC)OC[C@H](CF)O[Si](C)(C)C(C)(C)C. The summed E-state index contributed by atoms with van der Waals surface area (Å²) in [5.41, 5.74) is 0. The Bertz CT molecular complexity index is 311. The molecule has 0 amide bonds. The van der Waals surface area contributed by atoms with Gasteiger partial charge in [-0.05, 0) is 18.1 Å². The fraction of sp³-hybridized carbons (Fsp3) is 1.00. The Hall–Kier alpha value is 0.217. The van der Waals surface area contributed by atoms with Gasteiger partial charge in [0.1, 0.15) is 6.67 Å². The molecule has 8 heteroatoms. The first-order valence-electron chi connectivity index (χ1n) is 6.11. The number of rotatable bonds is 8. The van der Waals surface area contributed by atoms with Crippen molar-refractivity contribution in [2.45, 2.75) is 45.0 Å². The van der Waals surface area contributed by atoms with Crippen LogP contribution in [0.15, 0.2) is 0 Å². The summed E-state index contributed by atoms with van der Waals surface area (Å²) in [7, 11) is -3.26. The molecule has 0 aliphatic heterocycles. The molecule has 0 rings (SSSR count). The molecule has 0 N–H and O–H groups in total. The lowest BCUT2D eigenvalue weighted by atomic mass is 10.2. The predicted octanol–water partition coefficient (Wildman–Crippen LogP) is 3.76. The minimum Gasteiger partial charge on any atom is -0.409 e. The van der Waals surface area contributed by atoms with Crippen molar-refractivity contribution in [2.75, 3.05) is 27.5 Å². The van der Waals surface area contributed by atoms with Crippen LogP contribution in [0.1, 0.15) is 20.8 Å². The fourth-order valence-electron chi connectivity index (χ4n) is 1.06. The third-order valence-corrected chi connectivity index (χ3v) is 9.20. The van der Waals surface area contributed by atoms with Gasteiger partial charge in [-0.1, -0.05) is 20.8 Å². The molecule has 0 heterocycles. The third-order valence-electron chi connectivity index (χ3n) is 3.31. The monoisotopic (exact) mass is 316 g/mol. The van der Waals surface area contributed by atoms with E-state index in [1.807, 2.05) is 13.1 Å². The maximum Gasteiger partial charge on any atom is 0.474 e. The summed E-state index contributed by atoms with van der Waals surface area (Å²) in [6.07, 6.45) is -0.764. The second-order valence-corrected chi connectivity index (χ2v) is 12.4. The summed E-state index contributed by atoms with van der Waals surface area (Å²) in [4.78, 5) is 0. The van der Waals surface area contributed by atoms with E-state index in [4.69, 9.17) is 8.95 Å². The van der Waals surface area contributed by atoms with Gasteiger partial charge in [0.25, 0.3) is 0 Å². The molecule has 1 atom stereocenters. The van der Waals surface area contributed by atoms with E-state index in [0.29, 0.717) is 0 Å². The van der Waals surface area contributed by atoms with Crippen molar-refractivity contribution >= 4 is 16.1 Å². The van der Waals surface area contributed by atoms with E-state index in [0.717, 1.165) is 0 Å². The standard InChI is InChI=1S/C11H26FO5PSi/c1-11(2,3)19(6,7)17-10(8-12)9-16-18(13,14-4)15-5/h10H,8-9H2,1-7H3/t10-/m0/s1. The van der Waals surface area contributed by atoms with Crippen molar-refractivity contribution in [3.05, 3.63) is 0 Å². The molecule has 0 aliphatic carbocycles. The average molecular weight is 316 g/mol. The molecule has 0 fully saturated rings. The number of halogens is 1. The van der Waals surface area contributed by atoms with E-state index >= 15 is 0 Å². The smallest absolute Gasteiger partial charge is 0.409 e. The molecule has 0 aromatic heterocycles. The van der Waals surface area contributed by atoms with E-state index in [1.54, 1.807) is 0 Å². The van der Waals surface area contributed by atoms with Crippen molar-refractivity contribution in [2.24, 2.45) is 0 Å². The Balaban J connectivity index is 4.58. The van der Waals surface area contributed by atoms with E-state index in [2.05, 4.69) is 29.8 Å². The third kappa shape index (κ3) is 6.02. The molecule has 19 heavy (non-hydrogen) atoms. The number of phosphoric acid groups is 1. The quantitative estimate of drug-likeness (QED) is 0.504. The number of phosphoric ester groups is 1. The molecule has 0 aliphatic rings. The Morgan fingerprint density at radius 1 is 1.21 bits per heavy atom. The van der Waals surface area contributed by atoms with Gasteiger partial charge in [0.2, 0.25) is 0 Å². The Morgan fingerprint density at radius 2 is 1.68 bits per heavy atom. The van der Waals surface area contributed by atoms with Gasteiger partial charge in [0, 0.05) is 14.2 Å². The minimum absolute atomic E-state index is 0.0351. The molecule has 0 spiro atoms. The summed E-state index contributed by atoms with van der Waals surface area (Å²) < 4.78 is 44.8. The molecular formula is C11H26FO5PSi. The van der Waals surface area contributed by atoms with Gasteiger partial charge in [-0.3, -0.25) is 13.6 Å². The van der Waals surface area contributed by atoms with E-state index < -0.39 is 28.9 Å². The van der Waals surface area contributed by atoms with Gasteiger partial charge >= 0.3 is 7.82 Å². The number of alkyl halides is 1. The summed E-state index contributed by atoms with van der Waals surface area (Å²) in [6.45, 7) is 9.34. The van der Waals surface area contributed by atoms with Crippen LogP contribution in [-0.4, -0.2) is 41.9 Å². The average Bonchev–Trinajstić information content (AvgIpc) is 2.32. The van der Waals surface area contributed by atoms with Gasteiger partial charge in [-0.25, -0.2) is 8.96 Å². The van der Waals surface area contributed by atoms with Crippen LogP contribution in [0.5, 0.6) is 0 Å². The Labute approximate surface area is 116 Å². The van der Waals surface area contributed by atoms with Crippen LogP contribution in [0.3, 0.4) is 0 Å². The lowest BCUT2D eigenvalue weighted by molar-refractivity contribution is 0.0648. The van der Waals surface area contributed by atoms with Crippen LogP contribution in [0, 0.1) is 0 Å². The van der Waals surface area contributed by atoms with Crippen molar-refractivity contribution in [1.82, 2.24) is 0 Å². The van der Waals surface area contributed by atoms with Crippen LogP contribution in [0.25, 0.3) is 0 Å². The molecule has 5 nitrogen and oxygen atoms in total. The second-order valence-electron chi connectivity index (χ2n) is 5.76. The Morgan fingerprint density at radius 3 is 2.00 bits per heavy atom. The van der Waals surface area contributed by atoms with Crippen molar-refractivity contribution in [1.29, 1.82) is 0 Å². The van der Waals surface area contributed by atoms with Gasteiger partial charge < -0.3 is 4.43 Å². The predicted molar refractivity (Wildman–Crippen MR) is 75.6 cm³/mol. The maximum absolute atomic E-state index is 13.0. The van der Waals surface area contributed by atoms with Crippen LogP contribution in [0.4, 0.5) is 4.39 Å². The molecule has 0 bridgehead atoms. The lowest BCUT2D eigenvalue weighted by Gasteiger charge is -2.38. The van der Waals surface area contributed by atoms with Gasteiger partial charge in [0.05, 0.1) is 12.7 Å². The maximum atomic E-state index is 13.0. The number of hydrogen-bond donors (Lipinski definition) is 0. The first-order chi connectivity index (χ1) is 8.51. The molecule has 116 valence electrons. The van der Waals surface area contributed by atoms with Crippen LogP contribution < -0.4 is 0 Å². The zero-order valence-corrected chi connectivity index (χ0v) is 14.8.